The Morgan fingerprint density at radius 2 is 2.20 bits per heavy atom. The fraction of sp³-hybridized carbons (Fsp3) is 0. The predicted octanol–water partition coefficient (Wildman–Crippen LogP) is 0.486. The average Bonchev–Trinajstić information content (AvgIpc) is 1.88. The predicted molar refractivity (Wildman–Crippen MR) is 36.8 cm³/mol. The van der Waals surface area contributed by atoms with Gasteiger partial charge < -0.3 is 5.73 Å². The van der Waals surface area contributed by atoms with Crippen LogP contribution in [0.4, 0.5) is 5.69 Å². The summed E-state index contributed by atoms with van der Waals surface area (Å²) in [5.41, 5.74) is 14.2. The van der Waals surface area contributed by atoms with Gasteiger partial charge in [-0.1, -0.05) is 6.07 Å². The molecule has 1 aromatic carbocycles. The van der Waals surface area contributed by atoms with Crippen molar-refractivity contribution in [1.29, 1.82) is 0 Å². The summed E-state index contributed by atoms with van der Waals surface area (Å²) in [6.45, 7) is 0. The molecule has 0 atom stereocenters. The number of nitrogens with two attached hydrogens (primary N) is 1. The topological polar surface area (TPSA) is 65.4 Å². The van der Waals surface area contributed by atoms with Gasteiger partial charge in [0.25, 0.3) is 0 Å². The molecular formula is C7H6N2O. The quantitative estimate of drug-likeness (QED) is 0.596. The monoisotopic (exact) mass is 134 g/mol. The Morgan fingerprint density at radius 1 is 1.50 bits per heavy atom. The van der Waals surface area contributed by atoms with Gasteiger partial charge >= 0.3 is 0 Å². The largest absolute Gasteiger partial charge is 0.366 e. The smallest absolute Gasteiger partial charge is 0.248 e. The first-order chi connectivity index (χ1) is 4.70. The summed E-state index contributed by atoms with van der Waals surface area (Å²) in [4.78, 5) is 10.5. The standard InChI is InChI=1S/C7H6N2O/c8-6-3-1-2-5(4-6)7(9)10/h1-4H,(H2,9,10). The van der Waals surface area contributed by atoms with Gasteiger partial charge in [-0.25, -0.2) is 0 Å². The molecule has 0 aromatic heterocycles. The zero-order valence-electron chi connectivity index (χ0n) is 5.24. The lowest BCUT2D eigenvalue weighted by molar-refractivity contribution is 0.100. The summed E-state index contributed by atoms with van der Waals surface area (Å²) in [6.07, 6.45) is 0. The minimum Gasteiger partial charge on any atom is -0.366 e. The SMILES string of the molecule is [N]c1cccc(C(N)=O)c1. The van der Waals surface area contributed by atoms with Crippen LogP contribution in [0.3, 0.4) is 0 Å². The number of benzene rings is 1. The summed E-state index contributed by atoms with van der Waals surface area (Å²) in [5, 5.41) is 0. The van der Waals surface area contributed by atoms with E-state index in [9.17, 15) is 4.79 Å². The second kappa shape index (κ2) is 2.39. The fourth-order valence-corrected chi connectivity index (χ4v) is 0.659. The van der Waals surface area contributed by atoms with Crippen molar-refractivity contribution in [2.24, 2.45) is 5.73 Å². The minimum absolute atomic E-state index is 0.0521. The molecule has 0 bridgehead atoms. The summed E-state index contributed by atoms with van der Waals surface area (Å²) in [7, 11) is 0. The van der Waals surface area contributed by atoms with Gasteiger partial charge in [-0.15, -0.1) is 0 Å². The number of amides is 1. The van der Waals surface area contributed by atoms with Crippen molar-refractivity contribution in [3.05, 3.63) is 29.8 Å². The molecule has 2 radical (unpaired) electrons. The van der Waals surface area contributed by atoms with Crippen molar-refractivity contribution in [3.8, 4) is 0 Å². The molecule has 0 aliphatic rings. The van der Waals surface area contributed by atoms with Crippen LogP contribution in [0.15, 0.2) is 24.3 Å². The molecule has 0 saturated carbocycles. The van der Waals surface area contributed by atoms with Crippen molar-refractivity contribution >= 4 is 11.6 Å². The summed E-state index contributed by atoms with van der Waals surface area (Å²) >= 11 is 0. The van der Waals surface area contributed by atoms with Crippen LogP contribution in [-0.4, -0.2) is 5.91 Å². The maximum Gasteiger partial charge on any atom is 0.248 e. The molecule has 1 aromatic rings. The second-order valence-electron chi connectivity index (χ2n) is 1.91. The third-order valence-corrected chi connectivity index (χ3v) is 1.13. The van der Waals surface area contributed by atoms with Gasteiger partial charge in [-0.3, -0.25) is 4.79 Å². The van der Waals surface area contributed by atoms with Gasteiger partial charge in [0.05, 0.1) is 5.69 Å². The molecule has 0 aliphatic heterocycles. The lowest BCUT2D eigenvalue weighted by atomic mass is 10.2. The molecule has 1 amide bonds. The lowest BCUT2D eigenvalue weighted by Gasteiger charge is -1.92. The zero-order chi connectivity index (χ0) is 7.56. The number of primary amides is 1. The van der Waals surface area contributed by atoms with Gasteiger partial charge in [-0.05, 0) is 18.2 Å². The van der Waals surface area contributed by atoms with E-state index < -0.39 is 5.91 Å². The molecule has 0 saturated heterocycles. The Bertz CT molecular complexity index is 258. The van der Waals surface area contributed by atoms with Crippen molar-refractivity contribution in [3.63, 3.8) is 0 Å². The normalized spacial score (nSPS) is 9.20. The molecule has 3 heteroatoms. The van der Waals surface area contributed by atoms with Gasteiger partial charge in [-0.2, -0.15) is 5.73 Å². The number of carbonyl (C=O) groups is 1. The van der Waals surface area contributed by atoms with E-state index in [1.807, 2.05) is 0 Å². The van der Waals surface area contributed by atoms with Gasteiger partial charge in [0.2, 0.25) is 5.91 Å². The molecule has 0 aliphatic carbocycles. The third kappa shape index (κ3) is 1.25. The minimum atomic E-state index is -0.532. The van der Waals surface area contributed by atoms with E-state index in [4.69, 9.17) is 11.5 Å². The average molecular weight is 134 g/mol. The molecule has 0 spiro atoms. The first-order valence-corrected chi connectivity index (χ1v) is 2.79. The van der Waals surface area contributed by atoms with Crippen LogP contribution < -0.4 is 11.5 Å². The third-order valence-electron chi connectivity index (χ3n) is 1.13. The van der Waals surface area contributed by atoms with Crippen LogP contribution in [0.25, 0.3) is 0 Å². The first-order valence-electron chi connectivity index (χ1n) is 2.79. The van der Waals surface area contributed by atoms with E-state index >= 15 is 0 Å². The molecule has 3 nitrogen and oxygen atoms in total. The maximum atomic E-state index is 10.5. The van der Waals surface area contributed by atoms with Crippen LogP contribution in [0, 0.1) is 0 Å². The Morgan fingerprint density at radius 3 is 2.60 bits per heavy atom. The van der Waals surface area contributed by atoms with Crippen LogP contribution in [0.2, 0.25) is 0 Å². The van der Waals surface area contributed by atoms with E-state index in [1.54, 1.807) is 12.1 Å². The summed E-state index contributed by atoms with van der Waals surface area (Å²) in [5.74, 6) is -0.532. The molecule has 50 valence electrons. The Balaban J connectivity index is 3.07. The number of nitrogens with zero attached hydrogens (tertiary/aromatic N) is 1. The molecule has 0 fully saturated rings. The molecule has 0 heterocycles. The van der Waals surface area contributed by atoms with E-state index in [-0.39, 0.29) is 5.69 Å². The second-order valence-corrected chi connectivity index (χ2v) is 1.91. The fourth-order valence-electron chi connectivity index (χ4n) is 0.659. The number of hydrogen-bond donors (Lipinski definition) is 1. The molecular weight excluding hydrogens is 128 g/mol. The van der Waals surface area contributed by atoms with E-state index in [1.165, 1.54) is 12.1 Å². The molecule has 10 heavy (non-hydrogen) atoms. The highest BCUT2D eigenvalue weighted by molar-refractivity contribution is 5.93. The molecule has 0 unspecified atom stereocenters. The first kappa shape index (κ1) is 6.61. The highest BCUT2D eigenvalue weighted by atomic mass is 16.1. The lowest BCUT2D eigenvalue weighted by Crippen LogP contribution is -2.10. The Kier molecular flexibility index (Phi) is 1.58. The van der Waals surface area contributed by atoms with E-state index in [2.05, 4.69) is 0 Å². The van der Waals surface area contributed by atoms with Gasteiger partial charge in [0, 0.05) is 5.56 Å². The van der Waals surface area contributed by atoms with Crippen LogP contribution in [0.1, 0.15) is 10.4 Å². The van der Waals surface area contributed by atoms with Crippen LogP contribution in [-0.2, 0) is 0 Å². The number of carbonyl (C=O) groups excluding carboxylic acids is 1. The van der Waals surface area contributed by atoms with Crippen LogP contribution in [0.5, 0.6) is 0 Å². The van der Waals surface area contributed by atoms with Crippen molar-refractivity contribution < 1.29 is 4.79 Å². The van der Waals surface area contributed by atoms with Crippen molar-refractivity contribution in [2.45, 2.75) is 0 Å². The van der Waals surface area contributed by atoms with Crippen molar-refractivity contribution in [1.82, 2.24) is 5.73 Å². The molecule has 2 N–H and O–H groups in total. The van der Waals surface area contributed by atoms with Crippen LogP contribution >= 0.6 is 0 Å². The highest BCUT2D eigenvalue weighted by Gasteiger charge is 1.98. The van der Waals surface area contributed by atoms with Gasteiger partial charge in [0.1, 0.15) is 0 Å². The zero-order valence-corrected chi connectivity index (χ0v) is 5.24. The molecule has 1 rings (SSSR count). The number of rotatable bonds is 1. The summed E-state index contributed by atoms with van der Waals surface area (Å²) < 4.78 is 0. The van der Waals surface area contributed by atoms with E-state index in [0.717, 1.165) is 0 Å². The highest BCUT2D eigenvalue weighted by Crippen LogP contribution is 2.06. The van der Waals surface area contributed by atoms with Gasteiger partial charge in [0.15, 0.2) is 0 Å². The Hall–Kier alpha value is -1.51. The summed E-state index contributed by atoms with van der Waals surface area (Å²) in [6, 6.07) is 5.91. The van der Waals surface area contributed by atoms with E-state index in [0.29, 0.717) is 5.56 Å². The Labute approximate surface area is 58.6 Å². The maximum absolute atomic E-state index is 10.5. The van der Waals surface area contributed by atoms with Crippen molar-refractivity contribution in [2.75, 3.05) is 0 Å². The number of hydrogen-bond acceptors (Lipinski definition) is 1.